The summed E-state index contributed by atoms with van der Waals surface area (Å²) in [5, 5.41) is 1.13. The maximum Gasteiger partial charge on any atom is 0.246 e. The van der Waals surface area contributed by atoms with Gasteiger partial charge in [0.2, 0.25) is 5.91 Å². The van der Waals surface area contributed by atoms with E-state index in [1.807, 2.05) is 18.2 Å². The number of likely N-dealkylation sites (N-methyl/N-ethyl adjacent to an activating group) is 1. The normalized spacial score (nSPS) is 12.3. The molecule has 0 radical (unpaired) electrons. The molecule has 29 heavy (non-hydrogen) atoms. The molecule has 1 aromatic heterocycles. The molecule has 1 heterocycles. The molecule has 0 aliphatic rings. The second kappa shape index (κ2) is 8.80. The van der Waals surface area contributed by atoms with Crippen LogP contribution in [0.3, 0.4) is 0 Å². The Morgan fingerprint density at radius 2 is 1.97 bits per heavy atom. The van der Waals surface area contributed by atoms with Crippen LogP contribution in [0.4, 0.5) is 4.39 Å². The number of aromatic nitrogens is 1. The minimum Gasteiger partial charge on any atom is -0.486 e. The Morgan fingerprint density at radius 1 is 1.21 bits per heavy atom. The molecule has 1 unspecified atom stereocenters. The van der Waals surface area contributed by atoms with E-state index >= 15 is 0 Å². The highest BCUT2D eigenvalue weighted by Gasteiger charge is 2.18. The van der Waals surface area contributed by atoms with Crippen LogP contribution in [0.2, 0.25) is 10.0 Å². The molecule has 150 valence electrons. The summed E-state index contributed by atoms with van der Waals surface area (Å²) in [5.74, 6) is -0.0959. The molecule has 0 fully saturated rings. The minimum absolute atomic E-state index is 0.0505. The van der Waals surface area contributed by atoms with Crippen molar-refractivity contribution in [3.63, 3.8) is 0 Å². The minimum atomic E-state index is -0.558. The summed E-state index contributed by atoms with van der Waals surface area (Å²) in [6.45, 7) is 1.75. The zero-order valence-electron chi connectivity index (χ0n) is 16.1. The molecule has 0 aliphatic heterocycles. The predicted octanol–water partition coefficient (Wildman–Crippen LogP) is 5.92. The van der Waals surface area contributed by atoms with Gasteiger partial charge in [-0.2, -0.15) is 0 Å². The van der Waals surface area contributed by atoms with E-state index in [2.05, 4.69) is 4.98 Å². The Labute approximate surface area is 178 Å². The number of hydrogen-bond donors (Lipinski definition) is 0. The van der Waals surface area contributed by atoms with Crippen molar-refractivity contribution >= 4 is 46.1 Å². The molecule has 2 aromatic carbocycles. The van der Waals surface area contributed by atoms with Crippen LogP contribution < -0.4 is 4.74 Å². The van der Waals surface area contributed by atoms with Crippen LogP contribution in [-0.2, 0) is 4.79 Å². The van der Waals surface area contributed by atoms with Crippen LogP contribution in [0.15, 0.2) is 48.7 Å². The summed E-state index contributed by atoms with van der Waals surface area (Å²) < 4.78 is 19.8. The van der Waals surface area contributed by atoms with Gasteiger partial charge in [0.15, 0.2) is 0 Å². The van der Waals surface area contributed by atoms with Gasteiger partial charge in [-0.1, -0.05) is 23.2 Å². The van der Waals surface area contributed by atoms with Gasteiger partial charge in [0.05, 0.1) is 10.5 Å². The number of amides is 1. The van der Waals surface area contributed by atoms with Crippen LogP contribution in [0.25, 0.3) is 17.0 Å². The highest BCUT2D eigenvalue weighted by atomic mass is 35.5. The lowest BCUT2D eigenvalue weighted by Gasteiger charge is -2.18. The lowest BCUT2D eigenvalue weighted by molar-refractivity contribution is -0.123. The molecule has 1 atom stereocenters. The van der Waals surface area contributed by atoms with Gasteiger partial charge in [-0.25, -0.2) is 4.39 Å². The fourth-order valence-electron chi connectivity index (χ4n) is 2.79. The van der Waals surface area contributed by atoms with E-state index in [1.165, 1.54) is 23.1 Å². The predicted molar refractivity (Wildman–Crippen MR) is 115 cm³/mol. The third kappa shape index (κ3) is 4.86. The molecule has 1 amide bonds. The zero-order chi connectivity index (χ0) is 21.1. The number of rotatable bonds is 5. The van der Waals surface area contributed by atoms with E-state index in [4.69, 9.17) is 27.9 Å². The van der Waals surface area contributed by atoms with E-state index in [0.29, 0.717) is 16.3 Å². The monoisotopic (exact) mass is 432 g/mol. The van der Waals surface area contributed by atoms with Gasteiger partial charge in [-0.05, 0) is 55.0 Å². The number of nitrogens with zero attached hydrogens (tertiary/aromatic N) is 2. The number of fused-ring (bicyclic) bond motifs is 1. The summed E-state index contributed by atoms with van der Waals surface area (Å²) in [5.41, 5.74) is 1.96. The van der Waals surface area contributed by atoms with Gasteiger partial charge in [0.25, 0.3) is 0 Å². The highest BCUT2D eigenvalue weighted by molar-refractivity contribution is 6.36. The van der Waals surface area contributed by atoms with Crippen molar-refractivity contribution in [2.75, 3.05) is 14.1 Å². The smallest absolute Gasteiger partial charge is 0.246 e. The second-order valence-electron chi connectivity index (χ2n) is 6.71. The number of hydrogen-bond acceptors (Lipinski definition) is 3. The topological polar surface area (TPSA) is 42.4 Å². The fourth-order valence-corrected chi connectivity index (χ4v) is 3.46. The molecular formula is C22H19Cl2FN2O2. The maximum atomic E-state index is 13.8. The first kappa shape index (κ1) is 21.1. The average Bonchev–Trinajstić information content (AvgIpc) is 2.68. The maximum absolute atomic E-state index is 13.8. The fraction of sp³-hybridized carbons (Fsp3) is 0.182. The molecule has 3 aromatic rings. The largest absolute Gasteiger partial charge is 0.486 e. The van der Waals surface area contributed by atoms with Gasteiger partial charge in [-0.3, -0.25) is 9.78 Å². The Hall–Kier alpha value is -2.63. The summed E-state index contributed by atoms with van der Waals surface area (Å²) in [6, 6.07) is 10.0. The average molecular weight is 433 g/mol. The first-order chi connectivity index (χ1) is 13.8. The summed E-state index contributed by atoms with van der Waals surface area (Å²) in [6.07, 6.45) is 4.32. The molecule has 0 saturated heterocycles. The van der Waals surface area contributed by atoms with Gasteiger partial charge in [0.1, 0.15) is 17.7 Å². The molecule has 0 bridgehead atoms. The molecule has 0 aliphatic carbocycles. The van der Waals surface area contributed by atoms with Crippen LogP contribution in [0.1, 0.15) is 24.2 Å². The molecule has 4 nitrogen and oxygen atoms in total. The van der Waals surface area contributed by atoms with E-state index in [9.17, 15) is 9.18 Å². The van der Waals surface area contributed by atoms with Gasteiger partial charge in [0, 0.05) is 42.3 Å². The number of carbonyl (C=O) groups is 1. The molecule has 0 spiro atoms. The first-order valence-electron chi connectivity index (χ1n) is 8.85. The molecule has 0 N–H and O–H groups in total. The Kier molecular flexibility index (Phi) is 6.40. The number of halogens is 3. The van der Waals surface area contributed by atoms with Crippen LogP contribution in [-0.4, -0.2) is 29.9 Å². The van der Waals surface area contributed by atoms with Crippen LogP contribution in [0, 0.1) is 5.82 Å². The standard InChI is InChI=1S/C22H19Cl2FN2O2/c1-13(21-17(23)6-7-18(25)22(21)24)29-16-5-8-19-15(11-16)10-14(12-26-19)4-9-20(28)27(2)3/h4-13H,1-3H3/b9-4+. The van der Waals surface area contributed by atoms with Crippen LogP contribution in [0.5, 0.6) is 5.75 Å². The quantitative estimate of drug-likeness (QED) is 0.371. The Bertz CT molecular complexity index is 1100. The molecule has 3 rings (SSSR count). The lowest BCUT2D eigenvalue weighted by Crippen LogP contribution is -2.18. The van der Waals surface area contributed by atoms with Crippen molar-refractivity contribution in [1.82, 2.24) is 9.88 Å². The molecule has 0 saturated carbocycles. The third-order valence-corrected chi connectivity index (χ3v) is 5.05. The van der Waals surface area contributed by atoms with Crippen molar-refractivity contribution < 1.29 is 13.9 Å². The van der Waals surface area contributed by atoms with E-state index in [-0.39, 0.29) is 10.9 Å². The van der Waals surface area contributed by atoms with Gasteiger partial charge >= 0.3 is 0 Å². The van der Waals surface area contributed by atoms with Crippen LogP contribution >= 0.6 is 23.2 Å². The highest BCUT2D eigenvalue weighted by Crippen LogP contribution is 2.35. The third-order valence-electron chi connectivity index (χ3n) is 4.33. The van der Waals surface area contributed by atoms with Crippen molar-refractivity contribution in [3.8, 4) is 5.75 Å². The van der Waals surface area contributed by atoms with E-state index in [0.717, 1.165) is 16.5 Å². The number of benzene rings is 2. The molecule has 7 heteroatoms. The van der Waals surface area contributed by atoms with Crippen molar-refractivity contribution in [3.05, 3.63) is 75.7 Å². The van der Waals surface area contributed by atoms with Gasteiger partial charge < -0.3 is 9.64 Å². The SMILES string of the molecule is CC(Oc1ccc2ncc(/C=C/C(=O)N(C)C)cc2c1)c1c(Cl)ccc(F)c1Cl. The lowest BCUT2D eigenvalue weighted by atomic mass is 10.1. The van der Waals surface area contributed by atoms with E-state index < -0.39 is 11.9 Å². The summed E-state index contributed by atoms with van der Waals surface area (Å²) in [4.78, 5) is 17.6. The van der Waals surface area contributed by atoms with Gasteiger partial charge in [-0.15, -0.1) is 0 Å². The zero-order valence-corrected chi connectivity index (χ0v) is 17.6. The van der Waals surface area contributed by atoms with E-state index in [1.54, 1.807) is 39.4 Å². The van der Waals surface area contributed by atoms with Crippen molar-refractivity contribution in [2.24, 2.45) is 0 Å². The van der Waals surface area contributed by atoms with Crippen molar-refractivity contribution in [2.45, 2.75) is 13.0 Å². The number of pyridine rings is 1. The van der Waals surface area contributed by atoms with Crippen molar-refractivity contribution in [1.29, 1.82) is 0 Å². The Morgan fingerprint density at radius 3 is 2.69 bits per heavy atom. The Balaban J connectivity index is 1.87. The summed E-state index contributed by atoms with van der Waals surface area (Å²) >= 11 is 12.3. The number of carbonyl (C=O) groups excluding carboxylic acids is 1. The second-order valence-corrected chi connectivity index (χ2v) is 7.49. The summed E-state index contributed by atoms with van der Waals surface area (Å²) in [7, 11) is 3.38. The first-order valence-corrected chi connectivity index (χ1v) is 9.61. The molecular weight excluding hydrogens is 414 g/mol. The number of ether oxygens (including phenoxy) is 1.